The van der Waals surface area contributed by atoms with E-state index >= 15 is 0 Å². The molecule has 0 saturated heterocycles. The summed E-state index contributed by atoms with van der Waals surface area (Å²) in [6.07, 6.45) is 4.16. The third-order valence-corrected chi connectivity index (χ3v) is 4.95. The maximum atomic E-state index is 11.9. The molecule has 0 spiro atoms. The highest BCUT2D eigenvalue weighted by atomic mass is 32.1. The van der Waals surface area contributed by atoms with Crippen molar-refractivity contribution in [3.63, 3.8) is 0 Å². The Bertz CT molecular complexity index is 903. The maximum Gasteiger partial charge on any atom is 0.320 e. The van der Waals surface area contributed by atoms with Crippen LogP contribution in [-0.2, 0) is 0 Å². The Kier molecular flexibility index (Phi) is 3.86. The summed E-state index contributed by atoms with van der Waals surface area (Å²) in [5.74, 6) is 1.12. The van der Waals surface area contributed by atoms with Crippen LogP contribution in [0.4, 0.5) is 10.6 Å². The first kappa shape index (κ1) is 15.0. The molecule has 0 bridgehead atoms. The zero-order valence-electron chi connectivity index (χ0n) is 13.2. The molecule has 1 fully saturated rings. The molecule has 1 aliphatic carbocycles. The van der Waals surface area contributed by atoms with Crippen LogP contribution in [0.1, 0.15) is 18.4 Å². The molecule has 7 heteroatoms. The number of carbonyl (C=O) groups is 1. The first-order valence-corrected chi connectivity index (χ1v) is 8.79. The highest BCUT2D eigenvalue weighted by Crippen LogP contribution is 2.27. The van der Waals surface area contributed by atoms with Crippen molar-refractivity contribution in [3.8, 4) is 10.6 Å². The summed E-state index contributed by atoms with van der Waals surface area (Å²) in [5.41, 5.74) is 3.23. The molecule has 0 aromatic carbocycles. The first-order valence-electron chi connectivity index (χ1n) is 7.91. The molecule has 0 aliphatic heterocycles. The molecular weight excluding hydrogens is 322 g/mol. The van der Waals surface area contributed by atoms with Gasteiger partial charge in [-0.3, -0.25) is 10.3 Å². The summed E-state index contributed by atoms with van der Waals surface area (Å²) in [7, 11) is 0. The first-order chi connectivity index (χ1) is 11.7. The van der Waals surface area contributed by atoms with E-state index in [-0.39, 0.29) is 6.03 Å². The monoisotopic (exact) mass is 339 g/mol. The Morgan fingerprint density at radius 3 is 2.96 bits per heavy atom. The molecule has 4 rings (SSSR count). The molecule has 24 heavy (non-hydrogen) atoms. The summed E-state index contributed by atoms with van der Waals surface area (Å²) in [6.45, 7) is 2.77. The van der Waals surface area contributed by atoms with E-state index in [4.69, 9.17) is 0 Å². The fourth-order valence-corrected chi connectivity index (χ4v) is 3.23. The van der Waals surface area contributed by atoms with Crippen LogP contribution < -0.4 is 10.6 Å². The van der Waals surface area contributed by atoms with E-state index in [1.54, 1.807) is 23.6 Å². The number of urea groups is 1. The fourth-order valence-electron chi connectivity index (χ4n) is 2.37. The van der Waals surface area contributed by atoms with Crippen molar-refractivity contribution in [1.29, 1.82) is 0 Å². The number of nitrogens with zero attached hydrogens (tertiary/aromatic N) is 3. The number of aryl methyl sites for hydroxylation is 1. The molecule has 1 aliphatic rings. The lowest BCUT2D eigenvalue weighted by atomic mass is 10.3. The van der Waals surface area contributed by atoms with Crippen molar-refractivity contribution in [1.82, 2.24) is 20.3 Å². The summed E-state index contributed by atoms with van der Waals surface area (Å²) in [6, 6.07) is 5.40. The number of rotatable bonds is 4. The van der Waals surface area contributed by atoms with E-state index in [2.05, 4.69) is 44.0 Å². The molecule has 2 N–H and O–H groups in total. The van der Waals surface area contributed by atoms with Gasteiger partial charge in [-0.15, -0.1) is 11.3 Å². The van der Waals surface area contributed by atoms with E-state index in [1.165, 1.54) is 18.4 Å². The summed E-state index contributed by atoms with van der Waals surface area (Å²) in [4.78, 5) is 26.3. The Morgan fingerprint density at radius 1 is 1.33 bits per heavy atom. The number of anilines is 1. The van der Waals surface area contributed by atoms with Crippen LogP contribution >= 0.6 is 11.3 Å². The summed E-state index contributed by atoms with van der Waals surface area (Å²) >= 11 is 1.63. The third kappa shape index (κ3) is 3.35. The van der Waals surface area contributed by atoms with Crippen LogP contribution in [0.5, 0.6) is 0 Å². The van der Waals surface area contributed by atoms with Crippen molar-refractivity contribution in [2.24, 2.45) is 5.92 Å². The number of thiophene rings is 1. The van der Waals surface area contributed by atoms with Crippen LogP contribution in [0.15, 0.2) is 29.8 Å². The van der Waals surface area contributed by atoms with Gasteiger partial charge in [0.1, 0.15) is 17.0 Å². The lowest BCUT2D eigenvalue weighted by molar-refractivity contribution is 0.251. The van der Waals surface area contributed by atoms with Gasteiger partial charge in [-0.1, -0.05) is 0 Å². The van der Waals surface area contributed by atoms with Gasteiger partial charge in [0, 0.05) is 6.54 Å². The van der Waals surface area contributed by atoms with Crippen molar-refractivity contribution >= 4 is 34.3 Å². The molecule has 6 nitrogen and oxygen atoms in total. The SMILES string of the molecule is Cc1csc(-c2cnc3ccc(NC(=O)NCC4CC4)nc3n2)c1. The molecule has 122 valence electrons. The minimum Gasteiger partial charge on any atom is -0.338 e. The quantitative estimate of drug-likeness (QED) is 0.761. The third-order valence-electron chi connectivity index (χ3n) is 3.88. The van der Waals surface area contributed by atoms with Crippen LogP contribution in [0, 0.1) is 12.8 Å². The Hall–Kier alpha value is -2.54. The molecule has 1 saturated carbocycles. The zero-order chi connectivity index (χ0) is 16.5. The molecule has 2 amide bonds. The zero-order valence-corrected chi connectivity index (χ0v) is 14.1. The van der Waals surface area contributed by atoms with E-state index in [1.807, 2.05) is 6.07 Å². The smallest absolute Gasteiger partial charge is 0.320 e. The second kappa shape index (κ2) is 6.16. The number of nitrogens with one attached hydrogen (secondary N) is 2. The molecule has 0 radical (unpaired) electrons. The number of hydrogen-bond acceptors (Lipinski definition) is 5. The van der Waals surface area contributed by atoms with E-state index < -0.39 is 0 Å². The van der Waals surface area contributed by atoms with E-state index in [0.29, 0.717) is 22.9 Å². The van der Waals surface area contributed by atoms with E-state index in [9.17, 15) is 4.79 Å². The van der Waals surface area contributed by atoms with Crippen LogP contribution in [0.25, 0.3) is 21.7 Å². The van der Waals surface area contributed by atoms with Gasteiger partial charge in [0.05, 0.1) is 11.1 Å². The molecular formula is C17H17N5OS. The van der Waals surface area contributed by atoms with Crippen molar-refractivity contribution < 1.29 is 4.79 Å². The Morgan fingerprint density at radius 2 is 2.21 bits per heavy atom. The van der Waals surface area contributed by atoms with Gasteiger partial charge in [0.25, 0.3) is 0 Å². The average Bonchev–Trinajstić information content (AvgIpc) is 3.32. The second-order valence-electron chi connectivity index (χ2n) is 6.06. The van der Waals surface area contributed by atoms with Gasteiger partial charge >= 0.3 is 6.03 Å². The molecule has 3 heterocycles. The predicted octanol–water partition coefficient (Wildman–Crippen LogP) is 3.59. The summed E-state index contributed by atoms with van der Waals surface area (Å²) in [5, 5.41) is 7.69. The normalized spacial score (nSPS) is 13.9. The van der Waals surface area contributed by atoms with Gasteiger partial charge in [-0.2, -0.15) is 0 Å². The maximum absolute atomic E-state index is 11.9. The van der Waals surface area contributed by atoms with Gasteiger partial charge in [0.15, 0.2) is 5.65 Å². The Labute approximate surface area is 143 Å². The second-order valence-corrected chi connectivity index (χ2v) is 6.97. The van der Waals surface area contributed by atoms with Crippen molar-refractivity contribution in [3.05, 3.63) is 35.3 Å². The highest BCUT2D eigenvalue weighted by Gasteiger charge is 2.21. The molecule has 0 atom stereocenters. The number of pyridine rings is 1. The largest absolute Gasteiger partial charge is 0.338 e. The number of fused-ring (bicyclic) bond motifs is 1. The Balaban J connectivity index is 1.55. The molecule has 3 aromatic heterocycles. The average molecular weight is 339 g/mol. The predicted molar refractivity (Wildman–Crippen MR) is 95.1 cm³/mol. The lowest BCUT2D eigenvalue weighted by Gasteiger charge is -2.07. The van der Waals surface area contributed by atoms with Crippen molar-refractivity contribution in [2.45, 2.75) is 19.8 Å². The minimum atomic E-state index is -0.230. The number of aromatic nitrogens is 3. The van der Waals surface area contributed by atoms with Gasteiger partial charge in [-0.25, -0.2) is 14.8 Å². The fraction of sp³-hybridized carbons (Fsp3) is 0.294. The number of hydrogen-bond donors (Lipinski definition) is 2. The summed E-state index contributed by atoms with van der Waals surface area (Å²) < 4.78 is 0. The number of carbonyl (C=O) groups excluding carboxylic acids is 1. The van der Waals surface area contributed by atoms with Crippen LogP contribution in [-0.4, -0.2) is 27.5 Å². The number of amides is 2. The minimum absolute atomic E-state index is 0.230. The van der Waals surface area contributed by atoms with Crippen molar-refractivity contribution in [2.75, 3.05) is 11.9 Å². The van der Waals surface area contributed by atoms with Gasteiger partial charge in [0.2, 0.25) is 0 Å². The molecule has 0 unspecified atom stereocenters. The lowest BCUT2D eigenvalue weighted by Crippen LogP contribution is -2.30. The highest BCUT2D eigenvalue weighted by molar-refractivity contribution is 7.13. The van der Waals surface area contributed by atoms with Crippen LogP contribution in [0.3, 0.4) is 0 Å². The van der Waals surface area contributed by atoms with Crippen LogP contribution in [0.2, 0.25) is 0 Å². The van der Waals surface area contributed by atoms with Gasteiger partial charge < -0.3 is 5.32 Å². The topological polar surface area (TPSA) is 79.8 Å². The standard InChI is InChI=1S/C17H17N5OS/c1-10-6-14(24-9-10)13-8-18-12-4-5-15(21-16(12)20-13)22-17(23)19-7-11-2-3-11/h4-6,8-9,11H,2-3,7H2,1H3,(H2,19,20,21,22,23). The van der Waals surface area contributed by atoms with Gasteiger partial charge in [-0.05, 0) is 54.8 Å². The van der Waals surface area contributed by atoms with E-state index in [0.717, 1.165) is 17.1 Å². The molecule has 3 aromatic rings.